The van der Waals surface area contributed by atoms with E-state index >= 15 is 0 Å². The van der Waals surface area contributed by atoms with E-state index in [4.69, 9.17) is 0 Å². The van der Waals surface area contributed by atoms with E-state index in [-0.39, 0.29) is 5.82 Å². The summed E-state index contributed by atoms with van der Waals surface area (Å²) >= 11 is 0. The Balaban J connectivity index is 1.76. The number of aryl methyl sites for hydroxylation is 1. The second-order valence-corrected chi connectivity index (χ2v) is 6.39. The maximum atomic E-state index is 13.5. The first-order valence-electron chi connectivity index (χ1n) is 8.26. The van der Waals surface area contributed by atoms with Crippen LogP contribution in [0.5, 0.6) is 0 Å². The molecule has 21 heavy (non-hydrogen) atoms. The molecule has 1 aliphatic rings. The molecule has 0 aliphatic carbocycles. The van der Waals surface area contributed by atoms with Gasteiger partial charge in [-0.25, -0.2) is 4.39 Å². The van der Waals surface area contributed by atoms with E-state index < -0.39 is 6.10 Å². The van der Waals surface area contributed by atoms with Crippen molar-refractivity contribution in [3.05, 3.63) is 35.1 Å². The molecule has 0 bridgehead atoms. The molecule has 1 N–H and O–H groups in total. The minimum Gasteiger partial charge on any atom is -0.388 e. The summed E-state index contributed by atoms with van der Waals surface area (Å²) < 4.78 is 13.5. The number of aliphatic hydroxyl groups excluding tert-OH is 1. The van der Waals surface area contributed by atoms with Gasteiger partial charge >= 0.3 is 0 Å². The van der Waals surface area contributed by atoms with Gasteiger partial charge in [0.1, 0.15) is 5.82 Å². The van der Waals surface area contributed by atoms with E-state index in [1.165, 1.54) is 31.7 Å². The molecule has 1 saturated heterocycles. The van der Waals surface area contributed by atoms with Gasteiger partial charge in [0, 0.05) is 6.54 Å². The number of aliphatic hydroxyl groups is 1. The normalized spacial score (nSPS) is 18.9. The number of likely N-dealkylation sites (tertiary alicyclic amines) is 1. The summed E-state index contributed by atoms with van der Waals surface area (Å²) in [6, 6.07) is 5.04. The Morgan fingerprint density at radius 1 is 1.33 bits per heavy atom. The molecule has 118 valence electrons. The van der Waals surface area contributed by atoms with Gasteiger partial charge in [0.15, 0.2) is 0 Å². The third kappa shape index (κ3) is 4.79. The van der Waals surface area contributed by atoms with Crippen LogP contribution in [0.3, 0.4) is 0 Å². The molecule has 0 aromatic heterocycles. The average Bonchev–Trinajstić information content (AvgIpc) is 2.49. The van der Waals surface area contributed by atoms with E-state index in [0.29, 0.717) is 17.5 Å². The van der Waals surface area contributed by atoms with Gasteiger partial charge in [-0.3, -0.25) is 0 Å². The van der Waals surface area contributed by atoms with E-state index in [9.17, 15) is 9.50 Å². The summed E-state index contributed by atoms with van der Waals surface area (Å²) in [4.78, 5) is 2.43. The van der Waals surface area contributed by atoms with Gasteiger partial charge in [-0.15, -0.1) is 0 Å². The van der Waals surface area contributed by atoms with Crippen LogP contribution in [-0.2, 0) is 0 Å². The maximum Gasteiger partial charge on any atom is 0.126 e. The lowest BCUT2D eigenvalue weighted by Gasteiger charge is -2.32. The van der Waals surface area contributed by atoms with E-state index in [1.807, 2.05) is 6.07 Å². The Morgan fingerprint density at radius 2 is 2.05 bits per heavy atom. The first kappa shape index (κ1) is 16.4. The van der Waals surface area contributed by atoms with Gasteiger partial charge in [-0.05, 0) is 62.4 Å². The lowest BCUT2D eigenvalue weighted by Crippen LogP contribution is -2.34. The quantitative estimate of drug-likeness (QED) is 0.854. The summed E-state index contributed by atoms with van der Waals surface area (Å²) in [5, 5.41) is 10.2. The predicted octanol–water partition coefficient (Wildman–Crippen LogP) is 4.07. The smallest absolute Gasteiger partial charge is 0.126 e. The third-order valence-corrected chi connectivity index (χ3v) is 4.70. The van der Waals surface area contributed by atoms with Crippen LogP contribution in [0, 0.1) is 18.7 Å². The molecule has 2 nitrogen and oxygen atoms in total. The van der Waals surface area contributed by atoms with Crippen LogP contribution < -0.4 is 0 Å². The highest BCUT2D eigenvalue weighted by Crippen LogP contribution is 2.24. The number of rotatable bonds is 6. The van der Waals surface area contributed by atoms with Gasteiger partial charge in [-0.1, -0.05) is 31.9 Å². The molecule has 1 atom stereocenters. The number of hydrogen-bond donors (Lipinski definition) is 1. The van der Waals surface area contributed by atoms with Crippen LogP contribution in [0.25, 0.3) is 0 Å². The van der Waals surface area contributed by atoms with Gasteiger partial charge in [0.2, 0.25) is 0 Å². The molecule has 1 aliphatic heterocycles. The van der Waals surface area contributed by atoms with Gasteiger partial charge in [0.25, 0.3) is 0 Å². The summed E-state index contributed by atoms with van der Waals surface area (Å²) in [6.07, 6.45) is 5.31. The van der Waals surface area contributed by atoms with Crippen molar-refractivity contribution in [2.24, 2.45) is 5.92 Å². The molecule has 1 aromatic carbocycles. The van der Waals surface area contributed by atoms with Crippen molar-refractivity contribution in [1.29, 1.82) is 0 Å². The van der Waals surface area contributed by atoms with E-state index in [1.54, 1.807) is 13.0 Å². The molecule has 0 spiro atoms. The minimum absolute atomic E-state index is 0.230. The molecular weight excluding hydrogens is 265 g/mol. The lowest BCUT2D eigenvalue weighted by molar-refractivity contribution is 0.121. The van der Waals surface area contributed by atoms with Crippen molar-refractivity contribution in [2.45, 2.75) is 52.1 Å². The number of benzene rings is 1. The van der Waals surface area contributed by atoms with Crippen molar-refractivity contribution in [1.82, 2.24) is 4.90 Å². The standard InChI is InChI=1S/C18H28FNO/c1-3-4-15-7-10-20(11-8-15)12-9-18(21)16-6-5-14(2)17(19)13-16/h5-6,13,15,18,21H,3-4,7-12H2,1-2H3. The Bertz CT molecular complexity index is 441. The molecule has 1 fully saturated rings. The molecule has 1 heterocycles. The Kier molecular flexibility index (Phi) is 6.19. The highest BCUT2D eigenvalue weighted by molar-refractivity contribution is 5.24. The van der Waals surface area contributed by atoms with Crippen molar-refractivity contribution in [3.8, 4) is 0 Å². The first-order valence-corrected chi connectivity index (χ1v) is 8.26. The van der Waals surface area contributed by atoms with Gasteiger partial charge in [-0.2, -0.15) is 0 Å². The number of hydrogen-bond acceptors (Lipinski definition) is 2. The van der Waals surface area contributed by atoms with Crippen LogP contribution in [0.1, 0.15) is 56.3 Å². The molecule has 2 rings (SSSR count). The molecule has 0 saturated carbocycles. The number of piperidine rings is 1. The molecule has 1 unspecified atom stereocenters. The monoisotopic (exact) mass is 293 g/mol. The average molecular weight is 293 g/mol. The summed E-state index contributed by atoms with van der Waals surface area (Å²) in [5.74, 6) is 0.661. The maximum absolute atomic E-state index is 13.5. The molecular formula is C18H28FNO. The number of halogens is 1. The summed E-state index contributed by atoms with van der Waals surface area (Å²) in [7, 11) is 0. The van der Waals surface area contributed by atoms with Crippen molar-refractivity contribution in [2.75, 3.05) is 19.6 Å². The number of nitrogens with zero attached hydrogens (tertiary/aromatic N) is 1. The van der Waals surface area contributed by atoms with Crippen LogP contribution in [0.2, 0.25) is 0 Å². The Labute approximate surface area is 128 Å². The van der Waals surface area contributed by atoms with E-state index in [2.05, 4.69) is 11.8 Å². The van der Waals surface area contributed by atoms with Gasteiger partial charge < -0.3 is 10.0 Å². The van der Waals surface area contributed by atoms with Gasteiger partial charge in [0.05, 0.1) is 6.10 Å². The SMILES string of the molecule is CCCC1CCN(CCC(O)c2ccc(C)c(F)c2)CC1. The third-order valence-electron chi connectivity index (χ3n) is 4.70. The molecule has 0 radical (unpaired) electrons. The first-order chi connectivity index (χ1) is 10.1. The van der Waals surface area contributed by atoms with E-state index in [0.717, 1.165) is 25.6 Å². The Morgan fingerprint density at radius 3 is 2.67 bits per heavy atom. The fraction of sp³-hybridized carbons (Fsp3) is 0.667. The minimum atomic E-state index is -0.562. The lowest BCUT2D eigenvalue weighted by atomic mass is 9.92. The predicted molar refractivity (Wildman–Crippen MR) is 84.8 cm³/mol. The van der Waals surface area contributed by atoms with Crippen molar-refractivity contribution in [3.63, 3.8) is 0 Å². The summed E-state index contributed by atoms with van der Waals surface area (Å²) in [5.41, 5.74) is 1.32. The fourth-order valence-corrected chi connectivity index (χ4v) is 3.19. The van der Waals surface area contributed by atoms with Crippen LogP contribution in [-0.4, -0.2) is 29.6 Å². The zero-order chi connectivity index (χ0) is 15.2. The molecule has 1 aromatic rings. The zero-order valence-corrected chi connectivity index (χ0v) is 13.3. The largest absolute Gasteiger partial charge is 0.388 e. The van der Waals surface area contributed by atoms with Crippen LogP contribution in [0.15, 0.2) is 18.2 Å². The highest BCUT2D eigenvalue weighted by Gasteiger charge is 2.19. The highest BCUT2D eigenvalue weighted by atomic mass is 19.1. The topological polar surface area (TPSA) is 23.5 Å². The molecule has 0 amide bonds. The summed E-state index contributed by atoms with van der Waals surface area (Å²) in [6.45, 7) is 7.17. The van der Waals surface area contributed by atoms with Crippen LogP contribution in [0.4, 0.5) is 4.39 Å². The van der Waals surface area contributed by atoms with Crippen LogP contribution >= 0.6 is 0 Å². The second-order valence-electron chi connectivity index (χ2n) is 6.39. The fourth-order valence-electron chi connectivity index (χ4n) is 3.19. The Hall–Kier alpha value is -0.930. The second kappa shape index (κ2) is 7.90. The van der Waals surface area contributed by atoms with Crippen molar-refractivity contribution >= 4 is 0 Å². The zero-order valence-electron chi connectivity index (χ0n) is 13.3. The van der Waals surface area contributed by atoms with Crippen molar-refractivity contribution < 1.29 is 9.50 Å². The molecule has 3 heteroatoms.